The Labute approximate surface area is 94.5 Å². The third kappa shape index (κ3) is 8.85. The van der Waals surface area contributed by atoms with Gasteiger partial charge in [0.1, 0.15) is 0 Å². The smallest absolute Gasteiger partial charge is 0.0783 e. The number of methoxy groups -OCH3 is 1. The van der Waals surface area contributed by atoms with Gasteiger partial charge in [-0.3, -0.25) is 0 Å². The van der Waals surface area contributed by atoms with Gasteiger partial charge in [0.25, 0.3) is 0 Å². The normalized spacial score (nSPS) is 17.4. The molecule has 0 heterocycles. The van der Waals surface area contributed by atoms with E-state index in [1.54, 1.807) is 7.11 Å². The highest BCUT2D eigenvalue weighted by Crippen LogP contribution is 2.05. The molecule has 0 aliphatic rings. The average Bonchev–Trinajstić information content (AvgIpc) is 2.14. The van der Waals surface area contributed by atoms with Crippen molar-refractivity contribution in [3.63, 3.8) is 0 Å². The van der Waals surface area contributed by atoms with E-state index in [0.717, 1.165) is 13.0 Å². The van der Waals surface area contributed by atoms with Crippen molar-refractivity contribution < 1.29 is 9.47 Å². The summed E-state index contributed by atoms with van der Waals surface area (Å²) in [7, 11) is 1.70. The van der Waals surface area contributed by atoms with Gasteiger partial charge in [-0.2, -0.15) is 0 Å². The second-order valence-electron chi connectivity index (χ2n) is 4.30. The lowest BCUT2D eigenvalue weighted by atomic mass is 10.1. The van der Waals surface area contributed by atoms with Gasteiger partial charge in [0.2, 0.25) is 0 Å². The van der Waals surface area contributed by atoms with Crippen molar-refractivity contribution in [3.05, 3.63) is 0 Å². The van der Waals surface area contributed by atoms with E-state index in [1.165, 1.54) is 6.42 Å². The summed E-state index contributed by atoms with van der Waals surface area (Å²) < 4.78 is 10.8. The van der Waals surface area contributed by atoms with Gasteiger partial charge in [0.05, 0.1) is 18.8 Å². The molecule has 0 aromatic heterocycles. The molecule has 0 rings (SSSR count). The molecule has 0 aromatic rings. The largest absolute Gasteiger partial charge is 0.382 e. The van der Waals surface area contributed by atoms with E-state index >= 15 is 0 Å². The highest BCUT2D eigenvalue weighted by atomic mass is 16.5. The first kappa shape index (κ1) is 14.9. The molecule has 0 aromatic carbocycles. The first-order valence-corrected chi connectivity index (χ1v) is 5.97. The molecule has 0 bridgehead atoms. The van der Waals surface area contributed by atoms with Crippen molar-refractivity contribution in [2.45, 2.75) is 58.8 Å². The Kier molecular flexibility index (Phi) is 9.06. The molecule has 0 amide bonds. The van der Waals surface area contributed by atoms with Crippen molar-refractivity contribution in [2.75, 3.05) is 20.3 Å². The maximum absolute atomic E-state index is 5.78. The molecule has 3 atom stereocenters. The summed E-state index contributed by atoms with van der Waals surface area (Å²) >= 11 is 0. The van der Waals surface area contributed by atoms with Crippen LogP contribution in [0.4, 0.5) is 0 Å². The minimum absolute atomic E-state index is 0.184. The number of ether oxygens (including phenoxy) is 2. The molecular formula is C12H27NO2. The van der Waals surface area contributed by atoms with Crippen LogP contribution in [0.1, 0.15) is 40.5 Å². The summed E-state index contributed by atoms with van der Waals surface area (Å²) in [5.74, 6) is 0. The fraction of sp³-hybridized carbons (Fsp3) is 1.00. The minimum atomic E-state index is 0.184. The van der Waals surface area contributed by atoms with E-state index in [2.05, 4.69) is 26.1 Å². The van der Waals surface area contributed by atoms with Crippen LogP contribution < -0.4 is 5.32 Å². The van der Waals surface area contributed by atoms with Gasteiger partial charge in [-0.1, -0.05) is 6.92 Å². The van der Waals surface area contributed by atoms with E-state index < -0.39 is 0 Å². The standard InChI is InChI=1S/C12H27NO2/c1-6-7-13-10(2)8-11(3)15-12(4)9-14-5/h10-13H,6-9H2,1-5H3. The summed E-state index contributed by atoms with van der Waals surface area (Å²) in [4.78, 5) is 0. The molecule has 1 N–H and O–H groups in total. The van der Waals surface area contributed by atoms with Crippen LogP contribution in [0.3, 0.4) is 0 Å². The molecule has 0 fully saturated rings. The molecule has 0 radical (unpaired) electrons. The van der Waals surface area contributed by atoms with Gasteiger partial charge in [-0.25, -0.2) is 0 Å². The minimum Gasteiger partial charge on any atom is -0.382 e. The Morgan fingerprint density at radius 2 is 1.80 bits per heavy atom. The van der Waals surface area contributed by atoms with Gasteiger partial charge < -0.3 is 14.8 Å². The number of hydrogen-bond donors (Lipinski definition) is 1. The Morgan fingerprint density at radius 1 is 1.13 bits per heavy atom. The Balaban J connectivity index is 3.57. The average molecular weight is 217 g/mol. The molecular weight excluding hydrogens is 190 g/mol. The van der Waals surface area contributed by atoms with Gasteiger partial charge >= 0.3 is 0 Å². The van der Waals surface area contributed by atoms with Gasteiger partial charge in [0, 0.05) is 13.2 Å². The highest BCUT2D eigenvalue weighted by molar-refractivity contribution is 4.65. The molecule has 92 valence electrons. The second-order valence-corrected chi connectivity index (χ2v) is 4.30. The Morgan fingerprint density at radius 3 is 2.33 bits per heavy atom. The van der Waals surface area contributed by atoms with Crippen LogP contribution in [0, 0.1) is 0 Å². The summed E-state index contributed by atoms with van der Waals surface area (Å²) in [5.41, 5.74) is 0. The van der Waals surface area contributed by atoms with Crippen molar-refractivity contribution >= 4 is 0 Å². The van der Waals surface area contributed by atoms with Crippen LogP contribution >= 0.6 is 0 Å². The quantitative estimate of drug-likeness (QED) is 0.642. The molecule has 3 heteroatoms. The fourth-order valence-electron chi connectivity index (χ4n) is 1.70. The Hall–Kier alpha value is -0.120. The highest BCUT2D eigenvalue weighted by Gasteiger charge is 2.11. The van der Waals surface area contributed by atoms with E-state index in [1.807, 2.05) is 6.92 Å². The summed E-state index contributed by atoms with van der Waals surface area (Å²) in [5, 5.41) is 3.46. The zero-order chi connectivity index (χ0) is 11.7. The maximum Gasteiger partial charge on any atom is 0.0783 e. The van der Waals surface area contributed by atoms with Crippen molar-refractivity contribution in [1.82, 2.24) is 5.32 Å². The number of nitrogens with one attached hydrogen (secondary N) is 1. The van der Waals surface area contributed by atoms with E-state index in [0.29, 0.717) is 12.6 Å². The lowest BCUT2D eigenvalue weighted by molar-refractivity contribution is -0.0364. The topological polar surface area (TPSA) is 30.5 Å². The van der Waals surface area contributed by atoms with Crippen LogP contribution in [-0.4, -0.2) is 38.5 Å². The summed E-state index contributed by atoms with van der Waals surface area (Å²) in [6, 6.07) is 0.523. The van der Waals surface area contributed by atoms with Crippen molar-refractivity contribution in [3.8, 4) is 0 Å². The number of hydrogen-bond acceptors (Lipinski definition) is 3. The third-order valence-corrected chi connectivity index (χ3v) is 2.29. The van der Waals surface area contributed by atoms with E-state index in [4.69, 9.17) is 9.47 Å². The second kappa shape index (κ2) is 9.13. The van der Waals surface area contributed by atoms with Gasteiger partial charge in [0.15, 0.2) is 0 Å². The Bertz CT molecular complexity index is 142. The van der Waals surface area contributed by atoms with E-state index in [-0.39, 0.29) is 12.2 Å². The summed E-state index contributed by atoms with van der Waals surface area (Å²) in [6.45, 7) is 10.3. The fourth-order valence-corrected chi connectivity index (χ4v) is 1.70. The monoisotopic (exact) mass is 217 g/mol. The predicted molar refractivity (Wildman–Crippen MR) is 64.3 cm³/mol. The van der Waals surface area contributed by atoms with Crippen LogP contribution in [0.25, 0.3) is 0 Å². The van der Waals surface area contributed by atoms with Crippen LogP contribution in [-0.2, 0) is 9.47 Å². The molecule has 0 saturated carbocycles. The SMILES string of the molecule is CCCNC(C)CC(C)OC(C)COC. The van der Waals surface area contributed by atoms with Crippen molar-refractivity contribution in [2.24, 2.45) is 0 Å². The maximum atomic E-state index is 5.78. The lowest BCUT2D eigenvalue weighted by Gasteiger charge is -2.22. The first-order chi connectivity index (χ1) is 7.10. The van der Waals surface area contributed by atoms with Crippen LogP contribution in [0.15, 0.2) is 0 Å². The van der Waals surface area contributed by atoms with Gasteiger partial charge in [-0.15, -0.1) is 0 Å². The molecule has 0 aliphatic carbocycles. The first-order valence-electron chi connectivity index (χ1n) is 5.97. The van der Waals surface area contributed by atoms with E-state index in [9.17, 15) is 0 Å². The molecule has 3 nitrogen and oxygen atoms in total. The molecule has 0 saturated heterocycles. The zero-order valence-corrected chi connectivity index (χ0v) is 10.9. The van der Waals surface area contributed by atoms with Gasteiger partial charge in [-0.05, 0) is 40.2 Å². The third-order valence-electron chi connectivity index (χ3n) is 2.29. The molecule has 3 unspecified atom stereocenters. The number of rotatable bonds is 9. The zero-order valence-electron chi connectivity index (χ0n) is 10.9. The molecule has 0 aliphatic heterocycles. The van der Waals surface area contributed by atoms with Crippen LogP contribution in [0.2, 0.25) is 0 Å². The molecule has 0 spiro atoms. The lowest BCUT2D eigenvalue weighted by Crippen LogP contribution is -2.32. The van der Waals surface area contributed by atoms with Crippen LogP contribution in [0.5, 0.6) is 0 Å². The molecule has 15 heavy (non-hydrogen) atoms. The summed E-state index contributed by atoms with van der Waals surface area (Å²) in [6.07, 6.45) is 2.70. The van der Waals surface area contributed by atoms with Crippen molar-refractivity contribution in [1.29, 1.82) is 0 Å². The predicted octanol–water partition coefficient (Wildman–Crippen LogP) is 2.20.